The highest BCUT2D eigenvalue weighted by Crippen LogP contribution is 2.12. The summed E-state index contributed by atoms with van der Waals surface area (Å²) in [4.78, 5) is 3.26. The highest BCUT2D eigenvalue weighted by Gasteiger charge is 2.13. The van der Waals surface area contributed by atoms with Crippen molar-refractivity contribution >= 4 is 26.0 Å². The van der Waals surface area contributed by atoms with Crippen LogP contribution in [0.2, 0.25) is 0 Å². The van der Waals surface area contributed by atoms with Crippen molar-refractivity contribution in [3.63, 3.8) is 0 Å². The van der Waals surface area contributed by atoms with Crippen molar-refractivity contribution in [2.45, 2.75) is 20.3 Å². The zero-order chi connectivity index (χ0) is 17.0. The predicted molar refractivity (Wildman–Crippen MR) is 96.5 cm³/mol. The fourth-order valence-corrected chi connectivity index (χ4v) is 3.12. The molecule has 0 aliphatic heterocycles. The molecule has 23 heavy (non-hydrogen) atoms. The monoisotopic (exact) mass is 394 g/mol. The predicted octanol–water partition coefficient (Wildman–Crippen LogP) is 3.21. The molecule has 0 radical (unpaired) electrons. The molecule has 0 aliphatic rings. The van der Waals surface area contributed by atoms with Crippen LogP contribution in [0.15, 0.2) is 34.8 Å². The molecule has 0 bridgehead atoms. The SMILES string of the molecule is Cc1cc(C)c(CCN(C#Cc2ccc(Br)cc2)S(C)(=O)=O)[nH]1. The third-order valence-electron chi connectivity index (χ3n) is 3.39. The second-order valence-corrected chi connectivity index (χ2v) is 8.27. The number of aryl methyl sites for hydroxylation is 2. The van der Waals surface area contributed by atoms with Gasteiger partial charge in [-0.3, -0.25) is 0 Å². The maximum Gasteiger partial charge on any atom is 0.238 e. The average molecular weight is 395 g/mol. The Morgan fingerprint density at radius 3 is 2.39 bits per heavy atom. The standard InChI is InChI=1S/C17H19BrN2O2S/c1-13-12-14(2)19-17(13)9-11-20(23(3,21)22)10-8-15-4-6-16(18)7-5-15/h4-7,12,19H,9,11H2,1-3H3. The van der Waals surface area contributed by atoms with Crippen molar-refractivity contribution in [2.75, 3.05) is 12.8 Å². The third-order valence-corrected chi connectivity index (χ3v) is 4.99. The number of benzene rings is 1. The van der Waals surface area contributed by atoms with E-state index in [9.17, 15) is 8.42 Å². The molecule has 1 aromatic heterocycles. The molecule has 1 heterocycles. The fourth-order valence-electron chi connectivity index (χ4n) is 2.22. The van der Waals surface area contributed by atoms with Crippen molar-refractivity contribution in [1.82, 2.24) is 9.29 Å². The zero-order valence-corrected chi connectivity index (χ0v) is 15.8. The summed E-state index contributed by atoms with van der Waals surface area (Å²) < 4.78 is 26.0. The molecule has 0 amide bonds. The lowest BCUT2D eigenvalue weighted by molar-refractivity contribution is 0.517. The Bertz CT molecular complexity index is 843. The van der Waals surface area contributed by atoms with E-state index in [1.54, 1.807) is 0 Å². The van der Waals surface area contributed by atoms with Crippen molar-refractivity contribution in [2.24, 2.45) is 0 Å². The molecule has 0 saturated heterocycles. The second-order valence-electron chi connectivity index (χ2n) is 5.44. The molecule has 122 valence electrons. The Hall–Kier alpha value is -1.71. The highest BCUT2D eigenvalue weighted by atomic mass is 79.9. The molecule has 0 fully saturated rings. The van der Waals surface area contributed by atoms with Crippen molar-refractivity contribution in [1.29, 1.82) is 0 Å². The molecular formula is C17H19BrN2O2S. The number of aromatic amines is 1. The summed E-state index contributed by atoms with van der Waals surface area (Å²) >= 11 is 3.36. The summed E-state index contributed by atoms with van der Waals surface area (Å²) in [7, 11) is -3.38. The summed E-state index contributed by atoms with van der Waals surface area (Å²) in [5.41, 5.74) is 4.02. The maximum absolute atomic E-state index is 11.9. The van der Waals surface area contributed by atoms with Crippen molar-refractivity contribution in [3.05, 3.63) is 57.3 Å². The number of rotatable bonds is 4. The van der Waals surface area contributed by atoms with E-state index in [0.717, 1.165) is 27.0 Å². The van der Waals surface area contributed by atoms with E-state index in [4.69, 9.17) is 0 Å². The number of H-pyrrole nitrogens is 1. The number of nitrogens with one attached hydrogen (secondary N) is 1. The Labute approximate surface area is 146 Å². The van der Waals surface area contributed by atoms with Crippen LogP contribution in [0.5, 0.6) is 0 Å². The van der Waals surface area contributed by atoms with Gasteiger partial charge in [0, 0.05) is 40.4 Å². The maximum atomic E-state index is 11.9. The second kappa shape index (κ2) is 7.24. The normalized spacial score (nSPS) is 11.0. The first-order chi connectivity index (χ1) is 10.8. The summed E-state index contributed by atoms with van der Waals surface area (Å²) in [5.74, 6) is 2.90. The molecule has 1 aromatic carbocycles. The fraction of sp³-hybridized carbons (Fsp3) is 0.294. The van der Waals surface area contributed by atoms with E-state index < -0.39 is 10.0 Å². The first-order valence-corrected chi connectivity index (χ1v) is 9.80. The largest absolute Gasteiger partial charge is 0.362 e. The van der Waals surface area contributed by atoms with Gasteiger partial charge in [0.25, 0.3) is 0 Å². The molecule has 0 aliphatic carbocycles. The van der Waals surface area contributed by atoms with Crippen LogP contribution >= 0.6 is 15.9 Å². The van der Waals surface area contributed by atoms with Gasteiger partial charge in [-0.1, -0.05) is 15.9 Å². The van der Waals surface area contributed by atoms with Crippen molar-refractivity contribution < 1.29 is 8.42 Å². The van der Waals surface area contributed by atoms with E-state index in [2.05, 4.69) is 32.9 Å². The summed E-state index contributed by atoms with van der Waals surface area (Å²) in [6.07, 6.45) is 1.78. The van der Waals surface area contributed by atoms with Gasteiger partial charge in [-0.25, -0.2) is 12.7 Å². The lowest BCUT2D eigenvalue weighted by Crippen LogP contribution is -2.27. The number of hydrogen-bond donors (Lipinski definition) is 1. The molecule has 0 unspecified atom stereocenters. The molecule has 0 spiro atoms. The quantitative estimate of drug-likeness (QED) is 0.639. The third kappa shape index (κ3) is 5.15. The van der Waals surface area contributed by atoms with Gasteiger partial charge in [0.15, 0.2) is 0 Å². The molecule has 2 aromatic rings. The minimum atomic E-state index is -3.38. The molecule has 6 heteroatoms. The van der Waals surface area contributed by atoms with Gasteiger partial charge in [0.05, 0.1) is 6.26 Å². The number of sulfonamides is 1. The van der Waals surface area contributed by atoms with Crippen molar-refractivity contribution in [3.8, 4) is 12.0 Å². The minimum Gasteiger partial charge on any atom is -0.362 e. The molecule has 1 N–H and O–H groups in total. The van der Waals surface area contributed by atoms with Gasteiger partial charge in [-0.2, -0.15) is 0 Å². The summed E-state index contributed by atoms with van der Waals surface area (Å²) in [6, 6.07) is 12.2. The molecule has 0 saturated carbocycles. The Kier molecular flexibility index (Phi) is 5.55. The van der Waals surface area contributed by atoms with Crippen LogP contribution in [0.1, 0.15) is 22.5 Å². The van der Waals surface area contributed by atoms with Gasteiger partial charge >= 0.3 is 0 Å². The molecular weight excluding hydrogens is 376 g/mol. The number of aromatic nitrogens is 1. The van der Waals surface area contributed by atoms with Crippen LogP contribution in [0.3, 0.4) is 0 Å². The van der Waals surface area contributed by atoms with E-state index >= 15 is 0 Å². The van der Waals surface area contributed by atoms with Gasteiger partial charge in [-0.15, -0.1) is 0 Å². The first kappa shape index (κ1) is 17.6. The number of hydrogen-bond acceptors (Lipinski definition) is 2. The van der Waals surface area contributed by atoms with Gasteiger partial charge in [0.1, 0.15) is 0 Å². The van der Waals surface area contributed by atoms with E-state index in [1.807, 2.05) is 44.2 Å². The summed E-state index contributed by atoms with van der Waals surface area (Å²) in [6.45, 7) is 4.32. The molecule has 2 rings (SSSR count). The van der Waals surface area contributed by atoms with Crippen LogP contribution in [-0.4, -0.2) is 30.5 Å². The minimum absolute atomic E-state index is 0.323. The zero-order valence-electron chi connectivity index (χ0n) is 13.4. The first-order valence-electron chi connectivity index (χ1n) is 7.16. The van der Waals surface area contributed by atoms with Crippen LogP contribution in [-0.2, 0) is 16.4 Å². The Balaban J connectivity index is 2.15. The lowest BCUT2D eigenvalue weighted by atomic mass is 10.2. The number of halogens is 1. The van der Waals surface area contributed by atoms with Crippen LogP contribution < -0.4 is 0 Å². The van der Waals surface area contributed by atoms with Gasteiger partial charge in [-0.05, 0) is 55.7 Å². The average Bonchev–Trinajstić information content (AvgIpc) is 2.77. The highest BCUT2D eigenvalue weighted by molar-refractivity contribution is 9.10. The lowest BCUT2D eigenvalue weighted by Gasteiger charge is -2.14. The molecule has 0 atom stereocenters. The van der Waals surface area contributed by atoms with Crippen LogP contribution in [0.25, 0.3) is 0 Å². The van der Waals surface area contributed by atoms with E-state index in [0.29, 0.717) is 13.0 Å². The molecule has 4 nitrogen and oxygen atoms in total. The van der Waals surface area contributed by atoms with E-state index in [1.165, 1.54) is 10.6 Å². The van der Waals surface area contributed by atoms with Gasteiger partial charge in [0.2, 0.25) is 10.0 Å². The van der Waals surface area contributed by atoms with Crippen LogP contribution in [0, 0.1) is 25.8 Å². The summed E-state index contributed by atoms with van der Waals surface area (Å²) in [5, 5.41) is 0. The Morgan fingerprint density at radius 2 is 1.87 bits per heavy atom. The van der Waals surface area contributed by atoms with Crippen LogP contribution in [0.4, 0.5) is 0 Å². The Morgan fingerprint density at radius 1 is 1.22 bits per heavy atom. The topological polar surface area (TPSA) is 53.2 Å². The number of nitrogens with zero attached hydrogens (tertiary/aromatic N) is 1. The van der Waals surface area contributed by atoms with Gasteiger partial charge < -0.3 is 4.98 Å². The smallest absolute Gasteiger partial charge is 0.238 e. The van der Waals surface area contributed by atoms with E-state index in [-0.39, 0.29) is 0 Å².